The molecule has 8 nitrogen and oxygen atoms in total. The average molecular weight is 440 g/mol. The lowest BCUT2D eigenvalue weighted by atomic mass is 10.1. The summed E-state index contributed by atoms with van der Waals surface area (Å²) in [6.45, 7) is 3.74. The summed E-state index contributed by atoms with van der Waals surface area (Å²) in [7, 11) is -1.98. The predicted octanol–water partition coefficient (Wildman–Crippen LogP) is 1.82. The lowest BCUT2D eigenvalue weighted by molar-refractivity contribution is 0.414. The molecular weight excluding hydrogens is 414 g/mol. The smallest absolute Gasteiger partial charge is 0.242 e. The second-order valence-electron chi connectivity index (χ2n) is 5.98. The molecule has 2 rings (SSSR count). The van der Waals surface area contributed by atoms with E-state index in [1.807, 2.05) is 19.1 Å². The van der Waals surface area contributed by atoms with E-state index in [1.54, 1.807) is 19.2 Å². The molecule has 0 spiro atoms. The van der Waals surface area contributed by atoms with Gasteiger partial charge in [-0.15, -0.1) is 0 Å². The minimum absolute atomic E-state index is 0.130. The molecule has 2 aromatic rings. The zero-order chi connectivity index (χ0) is 21.1. The van der Waals surface area contributed by atoms with E-state index in [1.165, 1.54) is 18.5 Å². The lowest BCUT2D eigenvalue weighted by Gasteiger charge is -2.12. The fraction of sp³-hybridized carbons (Fsp3) is 0.368. The lowest BCUT2D eigenvalue weighted by Crippen LogP contribution is -2.39. The highest BCUT2D eigenvalue weighted by atomic mass is 35.5. The third kappa shape index (κ3) is 7.52. The van der Waals surface area contributed by atoms with Crippen molar-refractivity contribution >= 4 is 27.6 Å². The fourth-order valence-electron chi connectivity index (χ4n) is 2.45. The molecular formula is C19H26ClN5O3S. The maximum Gasteiger partial charge on any atom is 0.242 e. The van der Waals surface area contributed by atoms with Crippen molar-refractivity contribution in [1.29, 1.82) is 0 Å². The molecule has 158 valence electrons. The maximum atomic E-state index is 12.2. The van der Waals surface area contributed by atoms with Gasteiger partial charge < -0.3 is 15.4 Å². The van der Waals surface area contributed by atoms with Gasteiger partial charge in [0, 0.05) is 37.1 Å². The van der Waals surface area contributed by atoms with E-state index in [4.69, 9.17) is 16.3 Å². The van der Waals surface area contributed by atoms with Crippen LogP contribution in [0.25, 0.3) is 0 Å². The molecule has 3 N–H and O–H groups in total. The normalized spacial score (nSPS) is 11.9. The van der Waals surface area contributed by atoms with Crippen molar-refractivity contribution < 1.29 is 13.2 Å². The molecule has 1 aromatic heterocycles. The number of rotatable bonds is 10. The molecule has 0 amide bonds. The van der Waals surface area contributed by atoms with Gasteiger partial charge in [0.1, 0.15) is 10.6 Å². The molecule has 0 fully saturated rings. The van der Waals surface area contributed by atoms with E-state index in [9.17, 15) is 8.42 Å². The van der Waals surface area contributed by atoms with Gasteiger partial charge in [0.05, 0.1) is 13.7 Å². The third-order valence-corrected chi connectivity index (χ3v) is 5.71. The van der Waals surface area contributed by atoms with Crippen molar-refractivity contribution in [2.24, 2.45) is 4.99 Å². The van der Waals surface area contributed by atoms with Gasteiger partial charge in [0.15, 0.2) is 5.96 Å². The number of pyridine rings is 1. The zero-order valence-corrected chi connectivity index (χ0v) is 18.1. The monoisotopic (exact) mass is 439 g/mol. The number of aromatic nitrogens is 1. The molecule has 0 atom stereocenters. The van der Waals surface area contributed by atoms with Crippen LogP contribution in [0.1, 0.15) is 12.5 Å². The van der Waals surface area contributed by atoms with E-state index in [2.05, 4.69) is 25.3 Å². The van der Waals surface area contributed by atoms with Crippen LogP contribution in [0, 0.1) is 0 Å². The van der Waals surface area contributed by atoms with Gasteiger partial charge in [-0.25, -0.2) is 13.1 Å². The van der Waals surface area contributed by atoms with Crippen LogP contribution in [0.2, 0.25) is 5.02 Å². The van der Waals surface area contributed by atoms with Crippen LogP contribution in [0.3, 0.4) is 0 Å². The summed E-state index contributed by atoms with van der Waals surface area (Å²) in [6, 6.07) is 8.66. The fourth-order valence-corrected chi connectivity index (χ4v) is 3.70. The van der Waals surface area contributed by atoms with Crippen molar-refractivity contribution in [3.8, 4) is 5.75 Å². The molecule has 0 saturated carbocycles. The SMILES string of the molecule is CCNC(=NCCNS(=O)(=O)c1cccnc1)NCCc1ccc(OC)cc1Cl. The van der Waals surface area contributed by atoms with Crippen LogP contribution in [0.4, 0.5) is 0 Å². The quantitative estimate of drug-likeness (QED) is 0.296. The van der Waals surface area contributed by atoms with Crippen LogP contribution in [-0.4, -0.2) is 52.7 Å². The number of nitrogens with one attached hydrogen (secondary N) is 3. The first-order chi connectivity index (χ1) is 14.0. The summed E-state index contributed by atoms with van der Waals surface area (Å²) in [4.78, 5) is 8.34. The molecule has 0 aliphatic heterocycles. The van der Waals surface area contributed by atoms with Crippen molar-refractivity contribution in [3.63, 3.8) is 0 Å². The Labute approximate surface area is 176 Å². The topological polar surface area (TPSA) is 105 Å². The van der Waals surface area contributed by atoms with Gasteiger partial charge in [0.25, 0.3) is 0 Å². The van der Waals surface area contributed by atoms with E-state index in [-0.39, 0.29) is 18.0 Å². The standard InChI is InChI=1S/C19H26ClN5O3S/c1-3-22-19(23-10-8-15-6-7-16(28-2)13-18(15)20)24-11-12-25-29(26,27)17-5-4-9-21-14-17/h4-7,9,13-14,25H,3,8,10-12H2,1-2H3,(H2,22,23,24). The predicted molar refractivity (Wildman–Crippen MR) is 115 cm³/mol. The Morgan fingerprint density at radius 1 is 1.24 bits per heavy atom. The number of ether oxygens (including phenoxy) is 1. The summed E-state index contributed by atoms with van der Waals surface area (Å²) in [5, 5.41) is 7.00. The largest absolute Gasteiger partial charge is 0.497 e. The van der Waals surface area contributed by atoms with Crippen LogP contribution >= 0.6 is 11.6 Å². The molecule has 10 heteroatoms. The molecule has 0 bridgehead atoms. The molecule has 0 aliphatic carbocycles. The average Bonchev–Trinajstić information content (AvgIpc) is 2.72. The number of hydrogen-bond donors (Lipinski definition) is 3. The van der Waals surface area contributed by atoms with Crippen LogP contribution < -0.4 is 20.1 Å². The second-order valence-corrected chi connectivity index (χ2v) is 8.16. The molecule has 0 radical (unpaired) electrons. The summed E-state index contributed by atoms with van der Waals surface area (Å²) >= 11 is 6.26. The van der Waals surface area contributed by atoms with Crippen molar-refractivity contribution in [2.45, 2.75) is 18.2 Å². The van der Waals surface area contributed by atoms with E-state index < -0.39 is 10.0 Å². The Morgan fingerprint density at radius 3 is 2.72 bits per heavy atom. The highest BCUT2D eigenvalue weighted by Crippen LogP contribution is 2.22. The van der Waals surface area contributed by atoms with Gasteiger partial charge in [0.2, 0.25) is 10.0 Å². The summed E-state index contributed by atoms with van der Waals surface area (Å²) in [6.07, 6.45) is 3.54. The number of nitrogens with zero attached hydrogens (tertiary/aromatic N) is 2. The van der Waals surface area contributed by atoms with Crippen LogP contribution in [0.5, 0.6) is 5.75 Å². The van der Waals surface area contributed by atoms with Gasteiger partial charge >= 0.3 is 0 Å². The molecule has 29 heavy (non-hydrogen) atoms. The number of benzene rings is 1. The number of hydrogen-bond acceptors (Lipinski definition) is 5. The van der Waals surface area contributed by atoms with Gasteiger partial charge in [-0.05, 0) is 43.2 Å². The first-order valence-electron chi connectivity index (χ1n) is 9.20. The van der Waals surface area contributed by atoms with Gasteiger partial charge in [-0.3, -0.25) is 9.98 Å². The molecule has 0 saturated heterocycles. The molecule has 1 aromatic carbocycles. The summed E-state index contributed by atoms with van der Waals surface area (Å²) in [5.41, 5.74) is 1.00. The Kier molecular flexibility index (Phi) is 9.17. The summed E-state index contributed by atoms with van der Waals surface area (Å²) < 4.78 is 32.0. The number of halogens is 1. The first-order valence-corrected chi connectivity index (χ1v) is 11.1. The Balaban J connectivity index is 1.83. The number of aliphatic imine (C=N–C) groups is 1. The van der Waals surface area contributed by atoms with E-state index in [0.29, 0.717) is 30.5 Å². The van der Waals surface area contributed by atoms with Crippen molar-refractivity contribution in [2.75, 3.05) is 33.3 Å². The van der Waals surface area contributed by atoms with Crippen LogP contribution in [-0.2, 0) is 16.4 Å². The Hall–Kier alpha value is -2.36. The van der Waals surface area contributed by atoms with E-state index >= 15 is 0 Å². The van der Waals surface area contributed by atoms with Crippen molar-refractivity contribution in [1.82, 2.24) is 20.3 Å². The second kappa shape index (κ2) is 11.6. The van der Waals surface area contributed by atoms with Crippen molar-refractivity contribution in [3.05, 3.63) is 53.3 Å². The third-order valence-electron chi connectivity index (χ3n) is 3.91. The minimum Gasteiger partial charge on any atom is -0.497 e. The highest BCUT2D eigenvalue weighted by Gasteiger charge is 2.12. The Bertz CT molecular complexity index is 907. The van der Waals surface area contributed by atoms with Crippen LogP contribution in [0.15, 0.2) is 52.6 Å². The highest BCUT2D eigenvalue weighted by molar-refractivity contribution is 7.89. The summed E-state index contributed by atoms with van der Waals surface area (Å²) in [5.74, 6) is 1.33. The Morgan fingerprint density at radius 2 is 2.07 bits per heavy atom. The molecule has 1 heterocycles. The number of guanidine groups is 1. The minimum atomic E-state index is -3.58. The van der Waals surface area contributed by atoms with Gasteiger partial charge in [-0.1, -0.05) is 17.7 Å². The number of methoxy groups -OCH3 is 1. The molecule has 0 aliphatic rings. The first kappa shape index (κ1) is 22.9. The van der Waals surface area contributed by atoms with Gasteiger partial charge in [-0.2, -0.15) is 0 Å². The zero-order valence-electron chi connectivity index (χ0n) is 16.5. The maximum absolute atomic E-state index is 12.2. The molecule has 0 unspecified atom stereocenters. The van der Waals surface area contributed by atoms with E-state index in [0.717, 1.165) is 11.3 Å². The number of sulfonamides is 1.